The minimum absolute atomic E-state index is 0.237. The summed E-state index contributed by atoms with van der Waals surface area (Å²) in [5.74, 6) is -0.712. The minimum atomic E-state index is -0.379. The van der Waals surface area contributed by atoms with Crippen LogP contribution in [0.5, 0.6) is 0 Å². The number of imidazole rings is 1. The van der Waals surface area contributed by atoms with Crippen LogP contribution in [0.2, 0.25) is 0 Å². The van der Waals surface area contributed by atoms with Gasteiger partial charge in [-0.2, -0.15) is 0 Å². The first-order valence-corrected chi connectivity index (χ1v) is 7.04. The first kappa shape index (κ1) is 13.8. The topological polar surface area (TPSA) is 46.4 Å². The van der Waals surface area contributed by atoms with Gasteiger partial charge in [0.1, 0.15) is 17.2 Å². The standard InChI is InChI=1S/C15H11BrFN3O/c1-9-6-11(3-4-12(9)16)18-15(21)13-8-20-7-10(17)2-5-14(20)19-13/h2-8H,1H3,(H,18,21). The van der Waals surface area contributed by atoms with Crippen LogP contribution in [0.4, 0.5) is 10.1 Å². The van der Waals surface area contributed by atoms with E-state index in [4.69, 9.17) is 0 Å². The predicted molar refractivity (Wildman–Crippen MR) is 82.0 cm³/mol. The lowest BCUT2D eigenvalue weighted by Crippen LogP contribution is -2.12. The molecule has 0 aliphatic heterocycles. The molecule has 1 aromatic carbocycles. The van der Waals surface area contributed by atoms with E-state index >= 15 is 0 Å². The fourth-order valence-corrected chi connectivity index (χ4v) is 2.24. The Kier molecular flexibility index (Phi) is 3.47. The van der Waals surface area contributed by atoms with Crippen molar-refractivity contribution < 1.29 is 9.18 Å². The van der Waals surface area contributed by atoms with E-state index in [0.29, 0.717) is 11.3 Å². The van der Waals surface area contributed by atoms with Gasteiger partial charge in [0, 0.05) is 22.6 Å². The minimum Gasteiger partial charge on any atom is -0.321 e. The second kappa shape index (κ2) is 5.29. The highest BCUT2D eigenvalue weighted by atomic mass is 79.9. The van der Waals surface area contributed by atoms with Gasteiger partial charge in [0.2, 0.25) is 0 Å². The average molecular weight is 348 g/mol. The molecule has 0 atom stereocenters. The SMILES string of the molecule is Cc1cc(NC(=O)c2cn3cc(F)ccc3n2)ccc1Br. The zero-order valence-corrected chi connectivity index (χ0v) is 12.7. The molecule has 21 heavy (non-hydrogen) atoms. The van der Waals surface area contributed by atoms with Crippen LogP contribution in [0.3, 0.4) is 0 Å². The van der Waals surface area contributed by atoms with Gasteiger partial charge in [-0.15, -0.1) is 0 Å². The van der Waals surface area contributed by atoms with Gasteiger partial charge in [0.15, 0.2) is 0 Å². The third-order valence-electron chi connectivity index (χ3n) is 3.06. The zero-order valence-electron chi connectivity index (χ0n) is 11.1. The predicted octanol–water partition coefficient (Wildman–Crippen LogP) is 3.80. The molecule has 0 radical (unpaired) electrons. The summed E-state index contributed by atoms with van der Waals surface area (Å²) in [5.41, 5.74) is 2.46. The molecule has 0 saturated carbocycles. The molecule has 3 aromatic rings. The van der Waals surface area contributed by atoms with Crippen molar-refractivity contribution in [2.24, 2.45) is 0 Å². The van der Waals surface area contributed by atoms with Crippen LogP contribution in [0.25, 0.3) is 5.65 Å². The lowest BCUT2D eigenvalue weighted by molar-refractivity contribution is 0.102. The second-order valence-corrected chi connectivity index (χ2v) is 5.51. The fraction of sp³-hybridized carbons (Fsp3) is 0.0667. The molecule has 2 aromatic heterocycles. The molecule has 6 heteroatoms. The van der Waals surface area contributed by atoms with Gasteiger partial charge in [-0.25, -0.2) is 9.37 Å². The molecule has 1 N–H and O–H groups in total. The van der Waals surface area contributed by atoms with Gasteiger partial charge < -0.3 is 9.72 Å². The summed E-state index contributed by atoms with van der Waals surface area (Å²) in [7, 11) is 0. The molecule has 0 unspecified atom stereocenters. The van der Waals surface area contributed by atoms with Crippen molar-refractivity contribution in [2.75, 3.05) is 5.32 Å². The van der Waals surface area contributed by atoms with Crippen LogP contribution >= 0.6 is 15.9 Å². The Labute approximate surface area is 128 Å². The smallest absolute Gasteiger partial charge is 0.275 e. The number of hydrogen-bond acceptors (Lipinski definition) is 2. The number of carbonyl (C=O) groups excluding carboxylic acids is 1. The molecule has 0 spiro atoms. The first-order chi connectivity index (χ1) is 10.0. The molecule has 0 aliphatic rings. The Morgan fingerprint density at radius 1 is 1.29 bits per heavy atom. The highest BCUT2D eigenvalue weighted by Crippen LogP contribution is 2.20. The number of hydrogen-bond donors (Lipinski definition) is 1. The molecular weight excluding hydrogens is 337 g/mol. The van der Waals surface area contributed by atoms with Crippen LogP contribution in [0.15, 0.2) is 47.2 Å². The van der Waals surface area contributed by atoms with E-state index in [9.17, 15) is 9.18 Å². The number of fused-ring (bicyclic) bond motifs is 1. The maximum absolute atomic E-state index is 13.1. The lowest BCUT2D eigenvalue weighted by atomic mass is 10.2. The Morgan fingerprint density at radius 3 is 2.86 bits per heavy atom. The van der Waals surface area contributed by atoms with Crippen molar-refractivity contribution in [3.63, 3.8) is 0 Å². The van der Waals surface area contributed by atoms with Crippen LogP contribution in [-0.2, 0) is 0 Å². The first-order valence-electron chi connectivity index (χ1n) is 6.25. The Hall–Kier alpha value is -2.21. The molecule has 0 aliphatic carbocycles. The summed E-state index contributed by atoms with van der Waals surface area (Å²) >= 11 is 3.41. The van der Waals surface area contributed by atoms with Crippen molar-refractivity contribution in [3.8, 4) is 0 Å². The van der Waals surface area contributed by atoms with Crippen molar-refractivity contribution in [3.05, 3.63) is 64.3 Å². The number of benzene rings is 1. The average Bonchev–Trinajstić information content (AvgIpc) is 2.86. The molecule has 4 nitrogen and oxygen atoms in total. The molecule has 106 valence electrons. The molecule has 1 amide bonds. The quantitative estimate of drug-likeness (QED) is 0.766. The van der Waals surface area contributed by atoms with Gasteiger partial charge in [-0.3, -0.25) is 4.79 Å². The third kappa shape index (κ3) is 2.80. The van der Waals surface area contributed by atoms with Crippen LogP contribution < -0.4 is 5.32 Å². The highest BCUT2D eigenvalue weighted by molar-refractivity contribution is 9.10. The van der Waals surface area contributed by atoms with Crippen LogP contribution in [0, 0.1) is 12.7 Å². The number of anilines is 1. The molecule has 0 saturated heterocycles. The zero-order chi connectivity index (χ0) is 15.0. The number of halogens is 2. The van der Waals surface area contributed by atoms with E-state index in [1.165, 1.54) is 28.9 Å². The third-order valence-corrected chi connectivity index (χ3v) is 3.95. The highest BCUT2D eigenvalue weighted by Gasteiger charge is 2.11. The number of carbonyl (C=O) groups is 1. The van der Waals surface area contributed by atoms with E-state index in [1.807, 2.05) is 19.1 Å². The fourth-order valence-electron chi connectivity index (χ4n) is 1.99. The summed E-state index contributed by atoms with van der Waals surface area (Å²) in [4.78, 5) is 16.3. The van der Waals surface area contributed by atoms with E-state index in [0.717, 1.165) is 10.0 Å². The number of amides is 1. The Balaban J connectivity index is 1.87. The van der Waals surface area contributed by atoms with Crippen molar-refractivity contribution >= 4 is 33.2 Å². The number of nitrogens with zero attached hydrogens (tertiary/aromatic N) is 2. The van der Waals surface area contributed by atoms with Gasteiger partial charge in [-0.05, 0) is 42.8 Å². The van der Waals surface area contributed by atoms with E-state index in [2.05, 4.69) is 26.2 Å². The molecular formula is C15H11BrFN3O. The number of nitrogens with one attached hydrogen (secondary N) is 1. The Bertz CT molecular complexity index is 844. The summed E-state index contributed by atoms with van der Waals surface area (Å²) in [5, 5.41) is 2.77. The van der Waals surface area contributed by atoms with E-state index in [-0.39, 0.29) is 17.4 Å². The number of aromatic nitrogens is 2. The molecule has 3 rings (SSSR count). The maximum atomic E-state index is 13.1. The van der Waals surface area contributed by atoms with Gasteiger partial charge in [0.25, 0.3) is 5.91 Å². The van der Waals surface area contributed by atoms with Gasteiger partial charge in [-0.1, -0.05) is 15.9 Å². The molecule has 0 bridgehead atoms. The normalized spacial score (nSPS) is 10.8. The van der Waals surface area contributed by atoms with Gasteiger partial charge in [0.05, 0.1) is 0 Å². The number of rotatable bonds is 2. The van der Waals surface area contributed by atoms with E-state index < -0.39 is 0 Å². The maximum Gasteiger partial charge on any atom is 0.275 e. The summed E-state index contributed by atoms with van der Waals surface area (Å²) in [6.45, 7) is 1.94. The van der Waals surface area contributed by atoms with Crippen molar-refractivity contribution in [1.82, 2.24) is 9.38 Å². The van der Waals surface area contributed by atoms with Crippen LogP contribution in [0.1, 0.15) is 16.1 Å². The van der Waals surface area contributed by atoms with Crippen molar-refractivity contribution in [2.45, 2.75) is 6.92 Å². The molecule has 2 heterocycles. The second-order valence-electron chi connectivity index (χ2n) is 4.66. The van der Waals surface area contributed by atoms with Crippen molar-refractivity contribution in [1.29, 1.82) is 0 Å². The molecule has 0 fully saturated rings. The van der Waals surface area contributed by atoms with Crippen LogP contribution in [-0.4, -0.2) is 15.3 Å². The monoisotopic (exact) mass is 347 g/mol. The lowest BCUT2D eigenvalue weighted by Gasteiger charge is -2.05. The van der Waals surface area contributed by atoms with E-state index in [1.54, 1.807) is 6.07 Å². The summed E-state index contributed by atoms with van der Waals surface area (Å²) < 4.78 is 15.6. The van der Waals surface area contributed by atoms with Gasteiger partial charge >= 0.3 is 0 Å². The summed E-state index contributed by atoms with van der Waals surface area (Å²) in [6.07, 6.45) is 2.78. The number of pyridine rings is 1. The number of aryl methyl sites for hydroxylation is 1. The Morgan fingerprint density at radius 2 is 2.10 bits per heavy atom. The summed E-state index contributed by atoms with van der Waals surface area (Å²) in [6, 6.07) is 8.35. The largest absolute Gasteiger partial charge is 0.321 e.